The smallest absolute Gasteiger partial charge is 0.295 e. The van der Waals surface area contributed by atoms with E-state index in [1.54, 1.807) is 35.2 Å². The maximum atomic E-state index is 13.6. The molecule has 3 aromatic carbocycles. The van der Waals surface area contributed by atoms with E-state index in [4.69, 9.17) is 27.6 Å². The fraction of sp³-hybridized carbons (Fsp3) is 0.120. The fourth-order valence-electron chi connectivity index (χ4n) is 4.05. The number of fused-ring (bicyclic) bond motifs is 2. The third-order valence-corrected chi connectivity index (χ3v) is 6.30. The Labute approximate surface area is 188 Å². The van der Waals surface area contributed by atoms with E-state index in [1.165, 1.54) is 0 Å². The van der Waals surface area contributed by atoms with E-state index in [9.17, 15) is 9.59 Å². The highest BCUT2D eigenvalue weighted by molar-refractivity contribution is 6.31. The molecule has 0 saturated heterocycles. The second kappa shape index (κ2) is 7.26. The average molecular weight is 450 g/mol. The molecule has 154 valence electrons. The van der Waals surface area contributed by atoms with Crippen molar-refractivity contribution in [2.24, 2.45) is 0 Å². The third kappa shape index (κ3) is 3.14. The van der Waals surface area contributed by atoms with Crippen molar-refractivity contribution in [2.75, 3.05) is 4.90 Å². The number of aryl methyl sites for hydroxylation is 2. The molecule has 0 radical (unpaired) electrons. The summed E-state index contributed by atoms with van der Waals surface area (Å²) in [7, 11) is 0. The predicted octanol–water partition coefficient (Wildman–Crippen LogP) is 6.47. The van der Waals surface area contributed by atoms with Crippen molar-refractivity contribution in [1.29, 1.82) is 0 Å². The summed E-state index contributed by atoms with van der Waals surface area (Å²) < 4.78 is 5.98. The monoisotopic (exact) mass is 449 g/mol. The first kappa shape index (κ1) is 19.9. The van der Waals surface area contributed by atoms with E-state index >= 15 is 0 Å². The van der Waals surface area contributed by atoms with Gasteiger partial charge >= 0.3 is 0 Å². The van der Waals surface area contributed by atoms with Crippen LogP contribution in [0.4, 0.5) is 5.69 Å². The summed E-state index contributed by atoms with van der Waals surface area (Å²) in [4.78, 5) is 28.7. The Bertz CT molecular complexity index is 1420. The predicted molar refractivity (Wildman–Crippen MR) is 124 cm³/mol. The molecule has 5 rings (SSSR count). The van der Waals surface area contributed by atoms with Gasteiger partial charge in [0.15, 0.2) is 5.43 Å². The number of rotatable bonds is 2. The van der Waals surface area contributed by atoms with E-state index in [1.807, 2.05) is 44.2 Å². The van der Waals surface area contributed by atoms with E-state index < -0.39 is 6.04 Å². The summed E-state index contributed by atoms with van der Waals surface area (Å²) in [6.45, 7) is 3.80. The van der Waals surface area contributed by atoms with Gasteiger partial charge < -0.3 is 4.42 Å². The van der Waals surface area contributed by atoms with Gasteiger partial charge in [0.2, 0.25) is 5.76 Å². The minimum absolute atomic E-state index is 0.0537. The molecule has 31 heavy (non-hydrogen) atoms. The summed E-state index contributed by atoms with van der Waals surface area (Å²) in [5.41, 5.74) is 3.68. The van der Waals surface area contributed by atoms with Crippen LogP contribution in [0.5, 0.6) is 0 Å². The molecule has 0 fully saturated rings. The number of carbonyl (C=O) groups is 1. The van der Waals surface area contributed by atoms with Gasteiger partial charge in [0.05, 0.1) is 17.0 Å². The lowest BCUT2D eigenvalue weighted by atomic mass is 9.98. The number of nitrogens with zero attached hydrogens (tertiary/aromatic N) is 1. The molecule has 1 aliphatic rings. The average Bonchev–Trinajstić information content (AvgIpc) is 3.04. The van der Waals surface area contributed by atoms with Crippen LogP contribution in [0.1, 0.15) is 38.9 Å². The van der Waals surface area contributed by atoms with Crippen LogP contribution in [-0.4, -0.2) is 5.91 Å². The molecular weight excluding hydrogens is 433 g/mol. The van der Waals surface area contributed by atoms with Gasteiger partial charge in [-0.2, -0.15) is 0 Å². The van der Waals surface area contributed by atoms with Crippen LogP contribution in [-0.2, 0) is 0 Å². The fourth-order valence-corrected chi connectivity index (χ4v) is 4.35. The van der Waals surface area contributed by atoms with Crippen molar-refractivity contribution in [1.82, 2.24) is 0 Å². The lowest BCUT2D eigenvalue weighted by Crippen LogP contribution is -2.29. The third-order valence-electron chi connectivity index (χ3n) is 5.64. The lowest BCUT2D eigenvalue weighted by Gasteiger charge is -2.25. The van der Waals surface area contributed by atoms with Gasteiger partial charge in [0.1, 0.15) is 5.58 Å². The SMILES string of the molecule is Cc1ccc2oc3c(c(=O)c2c1)C(c1ccc(Cl)cc1)N(c1ccc(C)c(Cl)c1)C3=O. The van der Waals surface area contributed by atoms with Crippen LogP contribution in [0.2, 0.25) is 10.0 Å². The maximum absolute atomic E-state index is 13.6. The van der Waals surface area contributed by atoms with E-state index in [-0.39, 0.29) is 17.1 Å². The Morgan fingerprint density at radius 3 is 2.35 bits per heavy atom. The van der Waals surface area contributed by atoms with E-state index in [0.29, 0.717) is 32.3 Å². The minimum Gasteiger partial charge on any atom is -0.450 e. The van der Waals surface area contributed by atoms with Gasteiger partial charge in [-0.25, -0.2) is 0 Å². The number of carbonyl (C=O) groups excluding carboxylic acids is 1. The zero-order valence-electron chi connectivity index (χ0n) is 16.8. The Hall–Kier alpha value is -3.08. The van der Waals surface area contributed by atoms with Gasteiger partial charge in [-0.1, -0.05) is 53.0 Å². The van der Waals surface area contributed by atoms with Gasteiger partial charge in [0, 0.05) is 15.7 Å². The molecule has 1 unspecified atom stereocenters. The standard InChI is InChI=1S/C25H17Cl2NO3/c1-13-3-10-20-18(11-13)23(29)21-22(15-5-7-16(26)8-6-15)28(25(30)24(21)31-20)17-9-4-14(2)19(27)12-17/h3-12,22H,1-2H3. The summed E-state index contributed by atoms with van der Waals surface area (Å²) in [5.74, 6) is -0.326. The Morgan fingerprint density at radius 2 is 1.65 bits per heavy atom. The molecule has 0 spiro atoms. The number of benzene rings is 3. The summed E-state index contributed by atoms with van der Waals surface area (Å²) in [6.07, 6.45) is 0. The molecule has 1 aromatic heterocycles. The molecule has 0 saturated carbocycles. The number of hydrogen-bond donors (Lipinski definition) is 0. The van der Waals surface area contributed by atoms with Gasteiger partial charge in [-0.05, 0) is 61.4 Å². The van der Waals surface area contributed by atoms with Gasteiger partial charge in [-0.3, -0.25) is 14.5 Å². The number of anilines is 1. The molecule has 6 heteroatoms. The lowest BCUT2D eigenvalue weighted by molar-refractivity contribution is 0.0971. The molecule has 1 amide bonds. The highest BCUT2D eigenvalue weighted by atomic mass is 35.5. The second-order valence-corrected chi connectivity index (χ2v) is 8.58. The van der Waals surface area contributed by atoms with Crippen molar-refractivity contribution < 1.29 is 9.21 Å². The van der Waals surface area contributed by atoms with Crippen LogP contribution >= 0.6 is 23.2 Å². The van der Waals surface area contributed by atoms with Gasteiger partial charge in [-0.15, -0.1) is 0 Å². The zero-order chi connectivity index (χ0) is 21.9. The second-order valence-electron chi connectivity index (χ2n) is 7.74. The molecule has 2 heterocycles. The molecule has 1 aliphatic heterocycles. The number of hydrogen-bond acceptors (Lipinski definition) is 3. The van der Waals surface area contributed by atoms with Crippen molar-refractivity contribution in [3.8, 4) is 0 Å². The molecule has 4 nitrogen and oxygen atoms in total. The topological polar surface area (TPSA) is 50.5 Å². The molecule has 0 N–H and O–H groups in total. The zero-order valence-corrected chi connectivity index (χ0v) is 18.3. The molecule has 4 aromatic rings. The minimum atomic E-state index is -0.653. The van der Waals surface area contributed by atoms with Crippen molar-refractivity contribution in [3.05, 3.63) is 109 Å². The first-order valence-electron chi connectivity index (χ1n) is 9.77. The number of halogens is 2. The maximum Gasteiger partial charge on any atom is 0.295 e. The van der Waals surface area contributed by atoms with E-state index in [0.717, 1.165) is 16.7 Å². The molecular formula is C25H17Cl2NO3. The molecule has 0 bridgehead atoms. The summed E-state index contributed by atoms with van der Waals surface area (Å²) in [6, 6.07) is 17.2. The first-order valence-corrected chi connectivity index (χ1v) is 10.5. The van der Waals surface area contributed by atoms with Crippen LogP contribution in [0.3, 0.4) is 0 Å². The summed E-state index contributed by atoms with van der Waals surface area (Å²) >= 11 is 12.4. The Balaban J connectivity index is 1.82. The quantitative estimate of drug-likeness (QED) is 0.352. The van der Waals surface area contributed by atoms with Crippen LogP contribution in [0.25, 0.3) is 11.0 Å². The normalized spacial score (nSPS) is 15.5. The van der Waals surface area contributed by atoms with Crippen molar-refractivity contribution >= 4 is 45.8 Å². The highest BCUT2D eigenvalue weighted by Crippen LogP contribution is 2.42. The van der Waals surface area contributed by atoms with Gasteiger partial charge in [0.25, 0.3) is 5.91 Å². The Kier molecular flexibility index (Phi) is 4.65. The van der Waals surface area contributed by atoms with Crippen LogP contribution in [0, 0.1) is 13.8 Å². The van der Waals surface area contributed by atoms with Crippen LogP contribution < -0.4 is 10.3 Å². The Morgan fingerprint density at radius 1 is 0.903 bits per heavy atom. The molecule has 1 atom stereocenters. The van der Waals surface area contributed by atoms with Crippen molar-refractivity contribution in [3.63, 3.8) is 0 Å². The molecule has 0 aliphatic carbocycles. The summed E-state index contributed by atoms with van der Waals surface area (Å²) in [5, 5.41) is 1.56. The number of amides is 1. The first-order chi connectivity index (χ1) is 14.8. The largest absolute Gasteiger partial charge is 0.450 e. The van der Waals surface area contributed by atoms with Crippen molar-refractivity contribution in [2.45, 2.75) is 19.9 Å². The van der Waals surface area contributed by atoms with Crippen LogP contribution in [0.15, 0.2) is 69.9 Å². The van der Waals surface area contributed by atoms with E-state index in [2.05, 4.69) is 0 Å². The highest BCUT2D eigenvalue weighted by Gasteiger charge is 2.43.